The molecule has 4 heteroatoms. The lowest BCUT2D eigenvalue weighted by Crippen LogP contribution is -2.49. The zero-order chi connectivity index (χ0) is 13.2. The summed E-state index contributed by atoms with van der Waals surface area (Å²) in [4.78, 5) is 2.57. The van der Waals surface area contributed by atoms with Crippen molar-refractivity contribution in [2.75, 3.05) is 26.8 Å². The third-order valence-corrected chi connectivity index (χ3v) is 4.07. The first kappa shape index (κ1) is 12.9. The molecule has 1 saturated heterocycles. The lowest BCUT2D eigenvalue weighted by molar-refractivity contribution is -0.0712. The second kappa shape index (κ2) is 5.49. The molecular weight excluding hydrogens is 240 g/mol. The maximum atomic E-state index is 5.90. The molecule has 0 aromatic heterocycles. The Bertz CT molecular complexity index is 434. The van der Waals surface area contributed by atoms with Gasteiger partial charge in [0.25, 0.3) is 0 Å². The van der Waals surface area contributed by atoms with Gasteiger partial charge in [-0.15, -0.1) is 0 Å². The number of ether oxygens (including phenoxy) is 2. The van der Waals surface area contributed by atoms with Crippen molar-refractivity contribution in [2.45, 2.75) is 31.0 Å². The van der Waals surface area contributed by atoms with Gasteiger partial charge in [-0.3, -0.25) is 4.90 Å². The van der Waals surface area contributed by atoms with Crippen LogP contribution in [0.25, 0.3) is 0 Å². The van der Waals surface area contributed by atoms with Crippen LogP contribution in [0, 0.1) is 0 Å². The number of benzene rings is 1. The third-order valence-electron chi connectivity index (χ3n) is 4.07. The van der Waals surface area contributed by atoms with Crippen LogP contribution in [-0.2, 0) is 4.74 Å². The number of hydrogen-bond acceptors (Lipinski definition) is 4. The fourth-order valence-electron chi connectivity index (χ4n) is 3.00. The second-order valence-electron chi connectivity index (χ2n) is 5.34. The van der Waals surface area contributed by atoms with Gasteiger partial charge in [-0.25, -0.2) is 0 Å². The summed E-state index contributed by atoms with van der Waals surface area (Å²) in [5.41, 5.74) is 7.15. The molecule has 0 spiro atoms. The molecule has 1 aliphatic carbocycles. The number of nitrogens with two attached hydrogens (primary N) is 1. The second-order valence-corrected chi connectivity index (χ2v) is 5.34. The van der Waals surface area contributed by atoms with Crippen LogP contribution in [0.15, 0.2) is 24.3 Å². The number of rotatable bonds is 4. The molecule has 0 radical (unpaired) electrons. The topological polar surface area (TPSA) is 47.7 Å². The van der Waals surface area contributed by atoms with Crippen LogP contribution >= 0.6 is 0 Å². The highest BCUT2D eigenvalue weighted by Gasteiger charge is 2.40. The summed E-state index contributed by atoms with van der Waals surface area (Å²) >= 11 is 0. The molecule has 1 aromatic rings. The molecule has 1 saturated carbocycles. The fraction of sp³-hybridized carbons (Fsp3) is 0.600. The van der Waals surface area contributed by atoms with Gasteiger partial charge >= 0.3 is 0 Å². The van der Waals surface area contributed by atoms with Crippen molar-refractivity contribution < 1.29 is 9.47 Å². The van der Waals surface area contributed by atoms with Crippen molar-refractivity contribution >= 4 is 0 Å². The minimum absolute atomic E-state index is 0.0847. The largest absolute Gasteiger partial charge is 0.497 e. The first-order chi connectivity index (χ1) is 9.33. The van der Waals surface area contributed by atoms with Gasteiger partial charge in [0.2, 0.25) is 0 Å². The van der Waals surface area contributed by atoms with E-state index in [4.69, 9.17) is 15.2 Å². The van der Waals surface area contributed by atoms with E-state index in [2.05, 4.69) is 17.0 Å². The number of methoxy groups -OCH3 is 1. The van der Waals surface area contributed by atoms with E-state index in [0.29, 0.717) is 12.6 Å². The van der Waals surface area contributed by atoms with Gasteiger partial charge in [-0.2, -0.15) is 0 Å². The number of hydrogen-bond donors (Lipinski definition) is 1. The molecule has 19 heavy (non-hydrogen) atoms. The molecule has 2 N–H and O–H groups in total. The van der Waals surface area contributed by atoms with Crippen molar-refractivity contribution in [2.24, 2.45) is 5.73 Å². The predicted octanol–water partition coefficient (Wildman–Crippen LogP) is 1.56. The van der Waals surface area contributed by atoms with E-state index >= 15 is 0 Å². The van der Waals surface area contributed by atoms with Gasteiger partial charge in [0.15, 0.2) is 0 Å². The Morgan fingerprint density at radius 1 is 1.42 bits per heavy atom. The highest BCUT2D eigenvalue weighted by Crippen LogP contribution is 2.39. The highest BCUT2D eigenvalue weighted by atomic mass is 16.5. The summed E-state index contributed by atoms with van der Waals surface area (Å²) in [6, 6.07) is 9.26. The normalized spacial score (nSPS) is 28.3. The summed E-state index contributed by atoms with van der Waals surface area (Å²) in [5.74, 6) is 0.898. The summed E-state index contributed by atoms with van der Waals surface area (Å²) < 4.78 is 11.2. The predicted molar refractivity (Wildman–Crippen MR) is 74.3 cm³/mol. The van der Waals surface area contributed by atoms with Crippen LogP contribution in [0.4, 0.5) is 0 Å². The summed E-state index contributed by atoms with van der Waals surface area (Å²) in [6.07, 6.45) is 2.69. The quantitative estimate of drug-likeness (QED) is 0.894. The first-order valence-electron chi connectivity index (χ1n) is 7.05. The molecule has 0 bridgehead atoms. The lowest BCUT2D eigenvalue weighted by atomic mass is 9.97. The van der Waals surface area contributed by atoms with E-state index in [-0.39, 0.29) is 12.1 Å². The van der Waals surface area contributed by atoms with E-state index < -0.39 is 0 Å². The standard InChI is InChI=1S/C15H22N2O2/c1-18-13-4-2-3-11(9-13)15-14(10-16)19-8-7-17(15)12-5-6-12/h2-4,9,12,14-15H,5-8,10,16H2,1H3. The maximum Gasteiger partial charge on any atom is 0.119 e. The smallest absolute Gasteiger partial charge is 0.119 e. The molecule has 1 heterocycles. The van der Waals surface area contributed by atoms with Crippen molar-refractivity contribution in [3.8, 4) is 5.75 Å². The molecule has 2 unspecified atom stereocenters. The molecular formula is C15H22N2O2. The Hall–Kier alpha value is -1.10. The maximum absolute atomic E-state index is 5.90. The van der Waals surface area contributed by atoms with Gasteiger partial charge < -0.3 is 15.2 Å². The minimum Gasteiger partial charge on any atom is -0.497 e. The van der Waals surface area contributed by atoms with E-state index in [0.717, 1.165) is 18.9 Å². The highest BCUT2D eigenvalue weighted by molar-refractivity contribution is 5.32. The molecule has 2 atom stereocenters. The average Bonchev–Trinajstić information content (AvgIpc) is 3.31. The summed E-state index contributed by atoms with van der Waals surface area (Å²) in [5, 5.41) is 0. The molecule has 104 valence electrons. The van der Waals surface area contributed by atoms with Gasteiger partial charge in [0, 0.05) is 19.1 Å². The number of nitrogens with zero attached hydrogens (tertiary/aromatic N) is 1. The Labute approximate surface area is 114 Å². The molecule has 1 aliphatic heterocycles. The molecule has 4 nitrogen and oxygen atoms in total. The van der Waals surface area contributed by atoms with E-state index in [1.807, 2.05) is 12.1 Å². The van der Waals surface area contributed by atoms with Crippen molar-refractivity contribution in [1.29, 1.82) is 0 Å². The van der Waals surface area contributed by atoms with Crippen LogP contribution in [0.2, 0.25) is 0 Å². The van der Waals surface area contributed by atoms with Gasteiger partial charge in [-0.05, 0) is 30.5 Å². The Morgan fingerprint density at radius 2 is 2.26 bits per heavy atom. The molecule has 2 aliphatic rings. The lowest BCUT2D eigenvalue weighted by Gasteiger charge is -2.41. The van der Waals surface area contributed by atoms with Crippen LogP contribution in [0.1, 0.15) is 24.4 Å². The minimum atomic E-state index is 0.0847. The Balaban J connectivity index is 1.90. The molecule has 0 amide bonds. The molecule has 2 fully saturated rings. The van der Waals surface area contributed by atoms with Crippen molar-refractivity contribution in [3.63, 3.8) is 0 Å². The van der Waals surface area contributed by atoms with Gasteiger partial charge in [0.1, 0.15) is 5.75 Å². The van der Waals surface area contributed by atoms with Crippen molar-refractivity contribution in [1.82, 2.24) is 4.90 Å². The SMILES string of the molecule is COc1cccc(C2C(CN)OCCN2C2CC2)c1. The van der Waals surface area contributed by atoms with Gasteiger partial charge in [0.05, 0.1) is 25.9 Å². The van der Waals surface area contributed by atoms with Crippen molar-refractivity contribution in [3.05, 3.63) is 29.8 Å². The monoisotopic (exact) mass is 262 g/mol. The molecule has 3 rings (SSSR count). The summed E-state index contributed by atoms with van der Waals surface area (Å²) in [6.45, 7) is 2.35. The van der Waals surface area contributed by atoms with E-state index in [1.54, 1.807) is 7.11 Å². The Kier molecular flexibility index (Phi) is 3.73. The van der Waals surface area contributed by atoms with Crippen LogP contribution < -0.4 is 10.5 Å². The van der Waals surface area contributed by atoms with Crippen LogP contribution in [0.3, 0.4) is 0 Å². The summed E-state index contributed by atoms with van der Waals surface area (Å²) in [7, 11) is 1.70. The van der Waals surface area contributed by atoms with Crippen LogP contribution in [-0.4, -0.2) is 43.9 Å². The first-order valence-corrected chi connectivity index (χ1v) is 7.05. The zero-order valence-corrected chi connectivity index (χ0v) is 11.4. The fourth-order valence-corrected chi connectivity index (χ4v) is 3.00. The van der Waals surface area contributed by atoms with E-state index in [9.17, 15) is 0 Å². The molecule has 1 aromatic carbocycles. The third kappa shape index (κ3) is 2.61. The Morgan fingerprint density at radius 3 is 2.95 bits per heavy atom. The van der Waals surface area contributed by atoms with E-state index in [1.165, 1.54) is 18.4 Å². The number of morpholine rings is 1. The van der Waals surface area contributed by atoms with Crippen LogP contribution in [0.5, 0.6) is 5.75 Å². The average molecular weight is 262 g/mol. The van der Waals surface area contributed by atoms with Gasteiger partial charge in [-0.1, -0.05) is 12.1 Å². The zero-order valence-electron chi connectivity index (χ0n) is 11.4.